The molecule has 110 valence electrons. The van der Waals surface area contributed by atoms with Gasteiger partial charge in [-0.05, 0) is 19.8 Å². The number of hydrogen-bond donors (Lipinski definition) is 0. The van der Waals surface area contributed by atoms with Gasteiger partial charge >= 0.3 is 6.09 Å². The van der Waals surface area contributed by atoms with Crippen molar-refractivity contribution in [1.29, 1.82) is 0 Å². The van der Waals surface area contributed by atoms with Crippen molar-refractivity contribution in [1.82, 2.24) is 9.80 Å². The van der Waals surface area contributed by atoms with Crippen LogP contribution >= 0.6 is 0 Å². The van der Waals surface area contributed by atoms with Crippen molar-refractivity contribution in [3.63, 3.8) is 0 Å². The molecule has 2 rings (SSSR count). The van der Waals surface area contributed by atoms with Crippen LogP contribution < -0.4 is 0 Å². The molecule has 0 radical (unpaired) electrons. The number of piperazine rings is 1. The first-order valence-electron chi connectivity index (χ1n) is 7.46. The Morgan fingerprint density at radius 1 is 1.21 bits per heavy atom. The minimum atomic E-state index is -0.635. The first kappa shape index (κ1) is 14.6. The minimum Gasteiger partial charge on any atom is -0.444 e. The van der Waals surface area contributed by atoms with Gasteiger partial charge in [0.15, 0.2) is 0 Å². The van der Waals surface area contributed by atoms with Gasteiger partial charge in [-0.3, -0.25) is 4.90 Å². The van der Waals surface area contributed by atoms with Gasteiger partial charge in [-0.25, -0.2) is 9.18 Å². The van der Waals surface area contributed by atoms with Crippen molar-refractivity contribution in [3.8, 4) is 0 Å². The van der Waals surface area contributed by atoms with Crippen LogP contribution in [0.1, 0.15) is 39.0 Å². The Morgan fingerprint density at radius 3 is 2.42 bits per heavy atom. The lowest BCUT2D eigenvalue weighted by atomic mass is 9.94. The Hall–Kier alpha value is -0.840. The average molecular weight is 272 g/mol. The lowest BCUT2D eigenvalue weighted by Crippen LogP contribution is -2.52. The molecule has 1 aliphatic carbocycles. The van der Waals surface area contributed by atoms with Gasteiger partial charge in [-0.2, -0.15) is 0 Å². The zero-order valence-corrected chi connectivity index (χ0v) is 11.8. The van der Waals surface area contributed by atoms with Crippen molar-refractivity contribution in [2.75, 3.05) is 32.9 Å². The van der Waals surface area contributed by atoms with Gasteiger partial charge in [0.2, 0.25) is 0 Å². The van der Waals surface area contributed by atoms with Gasteiger partial charge in [0.25, 0.3) is 0 Å². The van der Waals surface area contributed by atoms with Crippen LogP contribution in [0.15, 0.2) is 0 Å². The molecule has 0 aromatic rings. The molecule has 1 heterocycles. The minimum absolute atomic E-state index is 0.367. The van der Waals surface area contributed by atoms with Crippen LogP contribution in [0.4, 0.5) is 9.18 Å². The summed E-state index contributed by atoms with van der Waals surface area (Å²) in [4.78, 5) is 16.0. The monoisotopic (exact) mass is 272 g/mol. The molecule has 4 nitrogen and oxygen atoms in total. The summed E-state index contributed by atoms with van der Waals surface area (Å²) in [6.07, 6.45) is 5.62. The van der Waals surface area contributed by atoms with Gasteiger partial charge in [0.1, 0.15) is 12.8 Å². The van der Waals surface area contributed by atoms with E-state index in [1.54, 1.807) is 11.8 Å². The van der Waals surface area contributed by atoms with Crippen molar-refractivity contribution >= 4 is 6.09 Å². The first-order chi connectivity index (χ1) is 9.20. The number of halogens is 1. The number of ether oxygens (including phenoxy) is 1. The molecule has 2 aliphatic rings. The van der Waals surface area contributed by atoms with Crippen LogP contribution in [0.5, 0.6) is 0 Å². The first-order valence-corrected chi connectivity index (χ1v) is 7.46. The maximum atomic E-state index is 12.3. The largest absolute Gasteiger partial charge is 0.444 e. The zero-order valence-electron chi connectivity index (χ0n) is 11.8. The normalized spacial score (nSPS) is 24.2. The van der Waals surface area contributed by atoms with E-state index < -0.39 is 12.8 Å². The van der Waals surface area contributed by atoms with E-state index in [-0.39, 0.29) is 6.09 Å². The van der Waals surface area contributed by atoms with E-state index in [1.807, 2.05) is 0 Å². The molecule has 0 aromatic carbocycles. The highest BCUT2D eigenvalue weighted by atomic mass is 19.1. The van der Waals surface area contributed by atoms with Gasteiger partial charge in [0, 0.05) is 32.2 Å². The second kappa shape index (κ2) is 7.08. The molecule has 0 spiro atoms. The van der Waals surface area contributed by atoms with E-state index in [2.05, 4.69) is 4.90 Å². The van der Waals surface area contributed by atoms with Crippen LogP contribution in [0.25, 0.3) is 0 Å². The van der Waals surface area contributed by atoms with E-state index in [0.717, 1.165) is 13.1 Å². The molecule has 1 saturated heterocycles. The fourth-order valence-corrected chi connectivity index (χ4v) is 2.99. The molecule has 0 N–H and O–H groups in total. The third kappa shape index (κ3) is 4.06. The molecular weight excluding hydrogens is 247 g/mol. The highest BCUT2D eigenvalue weighted by Gasteiger charge is 2.28. The fraction of sp³-hybridized carbons (Fsp3) is 0.929. The Kier molecular flexibility index (Phi) is 5.43. The third-order valence-corrected chi connectivity index (χ3v) is 4.18. The summed E-state index contributed by atoms with van der Waals surface area (Å²) >= 11 is 0. The van der Waals surface area contributed by atoms with Crippen molar-refractivity contribution in [2.45, 2.75) is 51.2 Å². The highest BCUT2D eigenvalue weighted by molar-refractivity contribution is 5.67. The lowest BCUT2D eigenvalue weighted by molar-refractivity contribution is 0.0328. The summed E-state index contributed by atoms with van der Waals surface area (Å²) in [5.41, 5.74) is 0. The van der Waals surface area contributed by atoms with E-state index in [0.29, 0.717) is 19.1 Å². The second-order valence-corrected chi connectivity index (χ2v) is 5.66. The summed E-state index contributed by atoms with van der Waals surface area (Å²) in [5, 5.41) is 0. The maximum absolute atomic E-state index is 12.3. The number of carbonyl (C=O) groups is 1. The summed E-state index contributed by atoms with van der Waals surface area (Å²) in [6, 6.07) is 0.705. The molecule has 5 heteroatoms. The Balaban J connectivity index is 1.73. The summed E-state index contributed by atoms with van der Waals surface area (Å²) in [7, 11) is 0. The van der Waals surface area contributed by atoms with Crippen molar-refractivity contribution in [2.24, 2.45) is 0 Å². The molecular formula is C14H25FN2O2. The molecule has 19 heavy (non-hydrogen) atoms. The standard InChI is InChI=1S/C14H25FN2O2/c1-12(11-15)19-14(18)17-9-7-16(8-10-17)13-5-3-2-4-6-13/h12-13H,2-11H2,1H3/t12-/m0/s1. The van der Waals surface area contributed by atoms with E-state index in [1.165, 1.54) is 32.1 Å². The number of amides is 1. The van der Waals surface area contributed by atoms with Crippen LogP contribution in [-0.4, -0.2) is 60.9 Å². The number of nitrogens with zero attached hydrogens (tertiary/aromatic N) is 2. The van der Waals surface area contributed by atoms with E-state index in [4.69, 9.17) is 4.74 Å². The predicted molar refractivity (Wildman–Crippen MR) is 71.9 cm³/mol. The van der Waals surface area contributed by atoms with Crippen LogP contribution in [-0.2, 0) is 4.74 Å². The van der Waals surface area contributed by atoms with Crippen molar-refractivity contribution in [3.05, 3.63) is 0 Å². The highest BCUT2D eigenvalue weighted by Crippen LogP contribution is 2.23. The van der Waals surface area contributed by atoms with Crippen LogP contribution in [0.3, 0.4) is 0 Å². The van der Waals surface area contributed by atoms with Crippen molar-refractivity contribution < 1.29 is 13.9 Å². The lowest BCUT2D eigenvalue weighted by Gasteiger charge is -2.40. The molecule has 1 atom stereocenters. The van der Waals surface area contributed by atoms with Crippen LogP contribution in [0.2, 0.25) is 0 Å². The van der Waals surface area contributed by atoms with Gasteiger partial charge < -0.3 is 9.64 Å². The topological polar surface area (TPSA) is 32.8 Å². The predicted octanol–water partition coefficient (Wildman–Crippen LogP) is 2.43. The number of hydrogen-bond acceptors (Lipinski definition) is 3. The van der Waals surface area contributed by atoms with E-state index >= 15 is 0 Å². The third-order valence-electron chi connectivity index (χ3n) is 4.18. The fourth-order valence-electron chi connectivity index (χ4n) is 2.99. The Morgan fingerprint density at radius 2 is 1.84 bits per heavy atom. The van der Waals surface area contributed by atoms with Gasteiger partial charge in [-0.1, -0.05) is 19.3 Å². The molecule has 1 saturated carbocycles. The number of carbonyl (C=O) groups excluding carboxylic acids is 1. The Labute approximate surface area is 114 Å². The smallest absolute Gasteiger partial charge is 0.410 e. The second-order valence-electron chi connectivity index (χ2n) is 5.66. The zero-order chi connectivity index (χ0) is 13.7. The number of alkyl halides is 1. The Bertz CT molecular complexity index is 287. The number of rotatable bonds is 3. The summed E-state index contributed by atoms with van der Waals surface area (Å²) < 4.78 is 17.3. The molecule has 1 amide bonds. The van der Waals surface area contributed by atoms with Crippen LogP contribution in [0, 0.1) is 0 Å². The summed E-state index contributed by atoms with van der Waals surface area (Å²) in [5.74, 6) is 0. The average Bonchev–Trinajstić information content (AvgIpc) is 2.48. The van der Waals surface area contributed by atoms with Gasteiger partial charge in [0.05, 0.1) is 0 Å². The van der Waals surface area contributed by atoms with Gasteiger partial charge in [-0.15, -0.1) is 0 Å². The molecule has 0 unspecified atom stereocenters. The SMILES string of the molecule is C[C@@H](CF)OC(=O)N1CCN(C2CCCCC2)CC1. The quantitative estimate of drug-likeness (QED) is 0.791. The molecule has 2 fully saturated rings. The van der Waals surface area contributed by atoms with E-state index in [9.17, 15) is 9.18 Å². The molecule has 0 bridgehead atoms. The maximum Gasteiger partial charge on any atom is 0.410 e. The molecule has 0 aromatic heterocycles. The molecule has 1 aliphatic heterocycles. The summed E-state index contributed by atoms with van der Waals surface area (Å²) in [6.45, 7) is 4.21.